The lowest BCUT2D eigenvalue weighted by Gasteiger charge is -2.12. The molecule has 0 radical (unpaired) electrons. The van der Waals surface area contributed by atoms with Crippen molar-refractivity contribution in [2.24, 2.45) is 0 Å². The summed E-state index contributed by atoms with van der Waals surface area (Å²) >= 11 is 0. The molecule has 1 N–H and O–H groups in total. The van der Waals surface area contributed by atoms with Crippen LogP contribution in [0.1, 0.15) is 21.7 Å². The highest BCUT2D eigenvalue weighted by atomic mass is 19.1. The lowest BCUT2D eigenvalue weighted by molar-refractivity contribution is 0.0697. The number of hydrogen-bond acceptors (Lipinski definition) is 1. The Morgan fingerprint density at radius 2 is 1.76 bits per heavy atom. The number of carboxylic acids is 1. The summed E-state index contributed by atoms with van der Waals surface area (Å²) in [7, 11) is 0. The minimum absolute atomic E-state index is 0.0915. The maximum atomic E-state index is 13.3. The Labute approximate surface area is 98.1 Å². The van der Waals surface area contributed by atoms with Gasteiger partial charge in [0.1, 0.15) is 5.82 Å². The first kappa shape index (κ1) is 11.4. The zero-order valence-electron chi connectivity index (χ0n) is 9.57. The summed E-state index contributed by atoms with van der Waals surface area (Å²) < 4.78 is 15.0. The van der Waals surface area contributed by atoms with Crippen LogP contribution in [0.2, 0.25) is 0 Å². The van der Waals surface area contributed by atoms with Gasteiger partial charge in [-0.05, 0) is 44.2 Å². The molecular formula is C13H12FNO2. The van der Waals surface area contributed by atoms with Crippen molar-refractivity contribution in [1.82, 2.24) is 4.57 Å². The summed E-state index contributed by atoms with van der Waals surface area (Å²) in [4.78, 5) is 11.1. The quantitative estimate of drug-likeness (QED) is 0.866. The van der Waals surface area contributed by atoms with Gasteiger partial charge in [-0.25, -0.2) is 9.18 Å². The molecule has 4 heteroatoms. The third-order valence-corrected chi connectivity index (χ3v) is 2.70. The van der Waals surface area contributed by atoms with Crippen LogP contribution in [0.3, 0.4) is 0 Å². The average Bonchev–Trinajstić information content (AvgIpc) is 2.58. The maximum absolute atomic E-state index is 13.3. The number of halogens is 1. The highest BCUT2D eigenvalue weighted by molar-refractivity contribution is 5.92. The topological polar surface area (TPSA) is 42.2 Å². The van der Waals surface area contributed by atoms with Gasteiger partial charge in [-0.15, -0.1) is 0 Å². The zero-order valence-corrected chi connectivity index (χ0v) is 9.57. The number of carbonyl (C=O) groups is 1. The summed E-state index contributed by atoms with van der Waals surface area (Å²) in [6, 6.07) is 7.41. The second-order valence-corrected chi connectivity index (χ2v) is 3.92. The number of rotatable bonds is 2. The van der Waals surface area contributed by atoms with E-state index in [2.05, 4.69) is 0 Å². The fraction of sp³-hybridized carbons (Fsp3) is 0.154. The molecule has 0 aliphatic heterocycles. The van der Waals surface area contributed by atoms with Crippen LogP contribution in [0.5, 0.6) is 0 Å². The number of aromatic nitrogens is 1. The molecule has 17 heavy (non-hydrogen) atoms. The third kappa shape index (κ3) is 1.93. The van der Waals surface area contributed by atoms with Crippen molar-refractivity contribution in [3.8, 4) is 5.69 Å². The first-order chi connectivity index (χ1) is 8.00. The Hall–Kier alpha value is -2.10. The Balaban J connectivity index is 2.74. The molecule has 3 nitrogen and oxygen atoms in total. The number of aryl methyl sites for hydroxylation is 2. The van der Waals surface area contributed by atoms with Gasteiger partial charge in [0.15, 0.2) is 0 Å². The van der Waals surface area contributed by atoms with Crippen LogP contribution in [0, 0.1) is 19.7 Å². The second-order valence-electron chi connectivity index (χ2n) is 3.92. The van der Waals surface area contributed by atoms with Gasteiger partial charge in [0.05, 0.1) is 11.3 Å². The minimum Gasteiger partial charge on any atom is -0.478 e. The van der Waals surface area contributed by atoms with Gasteiger partial charge < -0.3 is 9.67 Å². The highest BCUT2D eigenvalue weighted by Crippen LogP contribution is 2.21. The predicted octanol–water partition coefficient (Wildman–Crippen LogP) is 2.93. The van der Waals surface area contributed by atoms with Crippen molar-refractivity contribution in [2.75, 3.05) is 0 Å². The standard InChI is InChI=1S/C13H12FNO2/c1-8-3-4-9(2)15(8)12-7-10(14)5-6-11(12)13(16)17/h3-7H,1-2H3,(H,16,17). The molecule has 2 aromatic rings. The molecule has 0 atom stereocenters. The van der Waals surface area contributed by atoms with Gasteiger partial charge in [-0.1, -0.05) is 0 Å². The lowest BCUT2D eigenvalue weighted by atomic mass is 10.1. The minimum atomic E-state index is -1.06. The van der Waals surface area contributed by atoms with Gasteiger partial charge in [0.25, 0.3) is 0 Å². The highest BCUT2D eigenvalue weighted by Gasteiger charge is 2.14. The van der Waals surface area contributed by atoms with E-state index in [-0.39, 0.29) is 5.56 Å². The molecule has 1 aromatic heterocycles. The molecule has 0 unspecified atom stereocenters. The van der Waals surface area contributed by atoms with Gasteiger partial charge in [-0.3, -0.25) is 0 Å². The summed E-state index contributed by atoms with van der Waals surface area (Å²) in [5, 5.41) is 9.10. The molecule has 0 aliphatic carbocycles. The first-order valence-electron chi connectivity index (χ1n) is 5.19. The number of benzene rings is 1. The van der Waals surface area contributed by atoms with E-state index in [0.717, 1.165) is 17.5 Å². The normalized spacial score (nSPS) is 10.5. The molecule has 1 heterocycles. The van der Waals surface area contributed by atoms with Crippen LogP contribution >= 0.6 is 0 Å². The Bertz CT molecular complexity index is 568. The number of hydrogen-bond donors (Lipinski definition) is 1. The molecule has 0 saturated carbocycles. The molecule has 0 bridgehead atoms. The summed E-state index contributed by atoms with van der Waals surface area (Å²) in [6.07, 6.45) is 0. The van der Waals surface area contributed by atoms with Crippen molar-refractivity contribution in [3.63, 3.8) is 0 Å². The van der Waals surface area contributed by atoms with E-state index in [0.29, 0.717) is 5.69 Å². The van der Waals surface area contributed by atoms with E-state index >= 15 is 0 Å². The largest absolute Gasteiger partial charge is 0.478 e. The Morgan fingerprint density at radius 3 is 2.29 bits per heavy atom. The van der Waals surface area contributed by atoms with Crippen molar-refractivity contribution >= 4 is 5.97 Å². The monoisotopic (exact) mass is 233 g/mol. The molecule has 0 spiro atoms. The smallest absolute Gasteiger partial charge is 0.337 e. The van der Waals surface area contributed by atoms with Crippen molar-refractivity contribution < 1.29 is 14.3 Å². The van der Waals surface area contributed by atoms with Crippen LogP contribution in [0.15, 0.2) is 30.3 Å². The molecular weight excluding hydrogens is 221 g/mol. The zero-order chi connectivity index (χ0) is 12.6. The van der Waals surface area contributed by atoms with E-state index < -0.39 is 11.8 Å². The second kappa shape index (κ2) is 4.05. The third-order valence-electron chi connectivity index (χ3n) is 2.70. The fourth-order valence-electron chi connectivity index (χ4n) is 1.92. The van der Waals surface area contributed by atoms with E-state index in [1.165, 1.54) is 12.1 Å². The van der Waals surface area contributed by atoms with Gasteiger partial charge in [0, 0.05) is 11.4 Å². The van der Waals surface area contributed by atoms with Crippen LogP contribution in [-0.2, 0) is 0 Å². The molecule has 2 rings (SSSR count). The molecule has 0 aliphatic rings. The average molecular weight is 233 g/mol. The number of nitrogens with zero attached hydrogens (tertiary/aromatic N) is 1. The SMILES string of the molecule is Cc1ccc(C)n1-c1cc(F)ccc1C(=O)O. The van der Waals surface area contributed by atoms with E-state index in [9.17, 15) is 9.18 Å². The van der Waals surface area contributed by atoms with E-state index in [1.54, 1.807) is 4.57 Å². The predicted molar refractivity (Wildman–Crippen MR) is 62.2 cm³/mol. The Morgan fingerprint density at radius 1 is 1.18 bits per heavy atom. The molecule has 0 amide bonds. The molecule has 88 valence electrons. The van der Waals surface area contributed by atoms with Gasteiger partial charge in [0.2, 0.25) is 0 Å². The molecule has 0 fully saturated rings. The maximum Gasteiger partial charge on any atom is 0.337 e. The van der Waals surface area contributed by atoms with Crippen LogP contribution in [0.4, 0.5) is 4.39 Å². The summed E-state index contributed by atoms with van der Waals surface area (Å²) in [5.41, 5.74) is 2.19. The molecule has 0 saturated heterocycles. The van der Waals surface area contributed by atoms with E-state index in [4.69, 9.17) is 5.11 Å². The summed E-state index contributed by atoms with van der Waals surface area (Å²) in [6.45, 7) is 3.70. The van der Waals surface area contributed by atoms with Crippen LogP contribution in [0.25, 0.3) is 5.69 Å². The van der Waals surface area contributed by atoms with Crippen LogP contribution < -0.4 is 0 Å². The van der Waals surface area contributed by atoms with Gasteiger partial charge in [-0.2, -0.15) is 0 Å². The fourth-order valence-corrected chi connectivity index (χ4v) is 1.92. The number of aromatic carboxylic acids is 1. The van der Waals surface area contributed by atoms with Crippen molar-refractivity contribution in [2.45, 2.75) is 13.8 Å². The van der Waals surface area contributed by atoms with Crippen LogP contribution in [-0.4, -0.2) is 15.6 Å². The summed E-state index contributed by atoms with van der Waals surface area (Å²) in [5.74, 6) is -1.51. The van der Waals surface area contributed by atoms with E-state index in [1.807, 2.05) is 26.0 Å². The van der Waals surface area contributed by atoms with Crippen molar-refractivity contribution in [3.05, 3.63) is 53.1 Å². The first-order valence-corrected chi connectivity index (χ1v) is 5.19. The van der Waals surface area contributed by atoms with Crippen molar-refractivity contribution in [1.29, 1.82) is 0 Å². The van der Waals surface area contributed by atoms with Gasteiger partial charge >= 0.3 is 5.97 Å². The number of carboxylic acid groups (broad SMARTS) is 1. The lowest BCUT2D eigenvalue weighted by Crippen LogP contribution is -2.08. The Kier molecular flexibility index (Phi) is 2.71. The molecule has 1 aromatic carbocycles.